The van der Waals surface area contributed by atoms with Crippen molar-refractivity contribution in [2.45, 2.75) is 6.61 Å². The van der Waals surface area contributed by atoms with Crippen molar-refractivity contribution in [1.82, 2.24) is 5.16 Å². The van der Waals surface area contributed by atoms with Gasteiger partial charge in [-0.15, -0.1) is 0 Å². The van der Waals surface area contributed by atoms with E-state index in [-0.39, 0.29) is 23.5 Å². The lowest BCUT2D eigenvalue weighted by atomic mass is 10.1. The van der Waals surface area contributed by atoms with Crippen molar-refractivity contribution in [3.63, 3.8) is 0 Å². The Morgan fingerprint density at radius 3 is 2.86 bits per heavy atom. The molecule has 146 valence electrons. The second-order valence-corrected chi connectivity index (χ2v) is 5.64. The van der Waals surface area contributed by atoms with Gasteiger partial charge < -0.3 is 23.7 Å². The molecule has 10 heteroatoms. The summed E-state index contributed by atoms with van der Waals surface area (Å²) in [5.41, 5.74) is 0.496. The molecule has 0 saturated carbocycles. The molecule has 0 amide bonds. The molecule has 0 spiro atoms. The first-order valence-corrected chi connectivity index (χ1v) is 8.26. The SMILES string of the molecule is COCCNc1ccc(C(=O)OCc2cc(-c3ccco3)on2)cc1[N+](=O)[O-]. The van der Waals surface area contributed by atoms with Gasteiger partial charge in [-0.05, 0) is 24.3 Å². The fourth-order valence-corrected chi connectivity index (χ4v) is 2.38. The first-order valence-electron chi connectivity index (χ1n) is 8.26. The number of benzene rings is 1. The van der Waals surface area contributed by atoms with Crippen LogP contribution in [0.4, 0.5) is 11.4 Å². The Kier molecular flexibility index (Phi) is 6.02. The highest BCUT2D eigenvalue weighted by Gasteiger charge is 2.19. The second kappa shape index (κ2) is 8.82. The number of nitro groups is 1. The molecule has 0 unspecified atom stereocenters. The number of carbonyl (C=O) groups excluding carboxylic acids is 1. The van der Waals surface area contributed by atoms with Gasteiger partial charge in [0.05, 0.1) is 23.4 Å². The molecule has 0 fully saturated rings. The van der Waals surface area contributed by atoms with Crippen LogP contribution in [0.15, 0.2) is 51.6 Å². The van der Waals surface area contributed by atoms with Gasteiger partial charge >= 0.3 is 5.97 Å². The number of methoxy groups -OCH3 is 1. The first kappa shape index (κ1) is 19.1. The number of hydrogen-bond donors (Lipinski definition) is 1. The zero-order valence-electron chi connectivity index (χ0n) is 14.9. The van der Waals surface area contributed by atoms with Crippen molar-refractivity contribution < 1.29 is 28.1 Å². The number of nitro benzene ring substituents is 1. The van der Waals surface area contributed by atoms with Crippen molar-refractivity contribution in [2.24, 2.45) is 0 Å². The summed E-state index contributed by atoms with van der Waals surface area (Å²) in [5.74, 6) is 0.185. The van der Waals surface area contributed by atoms with Gasteiger partial charge in [0, 0.05) is 25.8 Å². The van der Waals surface area contributed by atoms with Crippen LogP contribution in [-0.2, 0) is 16.1 Å². The zero-order chi connectivity index (χ0) is 19.9. The van der Waals surface area contributed by atoms with E-state index >= 15 is 0 Å². The molecular weight excluding hydrogens is 370 g/mol. The Morgan fingerprint density at radius 1 is 1.29 bits per heavy atom. The summed E-state index contributed by atoms with van der Waals surface area (Å²) in [4.78, 5) is 22.9. The summed E-state index contributed by atoms with van der Waals surface area (Å²) in [7, 11) is 1.53. The van der Waals surface area contributed by atoms with Crippen LogP contribution in [0.1, 0.15) is 16.1 Å². The van der Waals surface area contributed by atoms with Gasteiger partial charge in [-0.3, -0.25) is 10.1 Å². The average molecular weight is 387 g/mol. The van der Waals surface area contributed by atoms with Gasteiger partial charge in [0.2, 0.25) is 5.76 Å². The van der Waals surface area contributed by atoms with Crippen LogP contribution in [0.25, 0.3) is 11.5 Å². The van der Waals surface area contributed by atoms with E-state index in [2.05, 4.69) is 10.5 Å². The van der Waals surface area contributed by atoms with E-state index in [1.54, 1.807) is 18.2 Å². The van der Waals surface area contributed by atoms with Gasteiger partial charge in [-0.25, -0.2) is 4.79 Å². The third kappa shape index (κ3) is 4.54. The Hall–Kier alpha value is -3.66. The number of aromatic nitrogens is 1. The smallest absolute Gasteiger partial charge is 0.338 e. The maximum atomic E-state index is 12.2. The molecule has 3 aromatic rings. The molecule has 1 aromatic carbocycles. The largest absolute Gasteiger partial charge is 0.461 e. The van der Waals surface area contributed by atoms with E-state index in [0.29, 0.717) is 30.4 Å². The summed E-state index contributed by atoms with van der Waals surface area (Å²) in [5, 5.41) is 18.0. The van der Waals surface area contributed by atoms with Crippen LogP contribution in [0.5, 0.6) is 0 Å². The maximum absolute atomic E-state index is 12.2. The van der Waals surface area contributed by atoms with Gasteiger partial charge in [0.25, 0.3) is 5.69 Å². The minimum atomic E-state index is -0.714. The topological polar surface area (TPSA) is 130 Å². The highest BCUT2D eigenvalue weighted by molar-refractivity contribution is 5.91. The molecule has 3 rings (SSSR count). The summed E-state index contributed by atoms with van der Waals surface area (Å²) >= 11 is 0. The molecule has 0 atom stereocenters. The van der Waals surface area contributed by atoms with Gasteiger partial charge in [0.1, 0.15) is 18.0 Å². The number of hydrogen-bond acceptors (Lipinski definition) is 9. The molecule has 10 nitrogen and oxygen atoms in total. The van der Waals surface area contributed by atoms with Crippen LogP contribution in [0, 0.1) is 10.1 Å². The second-order valence-electron chi connectivity index (χ2n) is 5.64. The number of nitrogens with one attached hydrogen (secondary N) is 1. The molecular formula is C18H17N3O7. The average Bonchev–Trinajstić information content (AvgIpc) is 3.38. The minimum Gasteiger partial charge on any atom is -0.461 e. The molecule has 0 aliphatic carbocycles. The summed E-state index contributed by atoms with van der Waals surface area (Å²) in [6, 6.07) is 9.05. The number of rotatable bonds is 9. The fraction of sp³-hybridized carbons (Fsp3) is 0.222. The number of carbonyl (C=O) groups is 1. The van der Waals surface area contributed by atoms with Crippen molar-refractivity contribution in [3.8, 4) is 11.5 Å². The quantitative estimate of drug-likeness (QED) is 0.254. The predicted octanol–water partition coefficient (Wildman–Crippen LogP) is 3.26. The summed E-state index contributed by atoms with van der Waals surface area (Å²) < 4.78 is 20.4. The molecule has 2 aromatic heterocycles. The van der Waals surface area contributed by atoms with Crippen LogP contribution in [0.2, 0.25) is 0 Å². The lowest BCUT2D eigenvalue weighted by molar-refractivity contribution is -0.384. The van der Waals surface area contributed by atoms with Crippen LogP contribution >= 0.6 is 0 Å². The lowest BCUT2D eigenvalue weighted by Crippen LogP contribution is -2.11. The highest BCUT2D eigenvalue weighted by atomic mass is 16.6. The Labute approximate surface area is 159 Å². The third-order valence-electron chi connectivity index (χ3n) is 3.73. The molecule has 0 aliphatic heterocycles. The van der Waals surface area contributed by atoms with Gasteiger partial charge in [-0.2, -0.15) is 0 Å². The normalized spacial score (nSPS) is 10.6. The molecule has 1 N–H and O–H groups in total. The molecule has 0 bridgehead atoms. The number of ether oxygens (including phenoxy) is 2. The fourth-order valence-electron chi connectivity index (χ4n) is 2.38. The number of anilines is 1. The van der Waals surface area contributed by atoms with Crippen LogP contribution < -0.4 is 5.32 Å². The lowest BCUT2D eigenvalue weighted by Gasteiger charge is -2.08. The van der Waals surface area contributed by atoms with Crippen molar-refractivity contribution in [3.05, 3.63) is 64.0 Å². The maximum Gasteiger partial charge on any atom is 0.338 e. The molecule has 0 saturated heterocycles. The van der Waals surface area contributed by atoms with E-state index in [0.717, 1.165) is 6.07 Å². The standard InChI is InChI=1S/C18H17N3O7/c1-25-8-6-19-14-5-4-12(9-15(14)21(23)24)18(22)27-11-13-10-17(28-20-13)16-3-2-7-26-16/h2-5,7,9-10,19H,6,8,11H2,1H3. The number of nitrogens with zero attached hydrogens (tertiary/aromatic N) is 2. The Balaban J connectivity index is 1.65. The van der Waals surface area contributed by atoms with E-state index < -0.39 is 10.9 Å². The van der Waals surface area contributed by atoms with Crippen molar-refractivity contribution in [2.75, 3.05) is 25.6 Å². The van der Waals surface area contributed by atoms with Gasteiger partial charge in [0.15, 0.2) is 5.76 Å². The van der Waals surface area contributed by atoms with E-state index in [9.17, 15) is 14.9 Å². The predicted molar refractivity (Wildman–Crippen MR) is 96.8 cm³/mol. The Morgan fingerprint density at radius 2 is 2.14 bits per heavy atom. The zero-order valence-corrected chi connectivity index (χ0v) is 14.9. The minimum absolute atomic E-state index is 0.0544. The van der Waals surface area contributed by atoms with E-state index in [1.807, 2.05) is 0 Å². The van der Waals surface area contributed by atoms with Crippen LogP contribution in [0.3, 0.4) is 0 Å². The molecule has 28 heavy (non-hydrogen) atoms. The number of furan rings is 1. The Bertz CT molecular complexity index is 950. The highest BCUT2D eigenvalue weighted by Crippen LogP contribution is 2.26. The van der Waals surface area contributed by atoms with E-state index in [1.165, 1.54) is 25.5 Å². The molecule has 2 heterocycles. The molecule has 0 radical (unpaired) electrons. The monoisotopic (exact) mass is 387 g/mol. The van der Waals surface area contributed by atoms with Crippen LogP contribution in [-0.4, -0.2) is 36.3 Å². The summed E-state index contributed by atoms with van der Waals surface area (Å²) in [6.45, 7) is 0.634. The third-order valence-corrected chi connectivity index (χ3v) is 3.73. The van der Waals surface area contributed by atoms with Crippen molar-refractivity contribution in [1.29, 1.82) is 0 Å². The number of esters is 1. The summed E-state index contributed by atoms with van der Waals surface area (Å²) in [6.07, 6.45) is 1.50. The first-order chi connectivity index (χ1) is 13.6. The molecule has 0 aliphatic rings. The van der Waals surface area contributed by atoms with Gasteiger partial charge in [-0.1, -0.05) is 5.16 Å². The van der Waals surface area contributed by atoms with E-state index in [4.69, 9.17) is 18.4 Å². The van der Waals surface area contributed by atoms with Crippen molar-refractivity contribution >= 4 is 17.3 Å².